The number of fused-ring (bicyclic) bond motifs is 1. The van der Waals surface area contributed by atoms with Gasteiger partial charge in [-0.05, 0) is 56.2 Å². The average molecular weight is 622 g/mol. The van der Waals surface area contributed by atoms with Crippen molar-refractivity contribution in [3.05, 3.63) is 72.2 Å². The normalized spacial score (nSPS) is 16.6. The third-order valence-corrected chi connectivity index (χ3v) is 7.98. The smallest absolute Gasteiger partial charge is 0.247 e. The van der Waals surface area contributed by atoms with Crippen molar-refractivity contribution < 1.29 is 33.0 Å². The van der Waals surface area contributed by atoms with Crippen molar-refractivity contribution in [3.63, 3.8) is 0 Å². The predicted octanol–water partition coefficient (Wildman–Crippen LogP) is 3.11. The molecule has 2 aromatic heterocycles. The van der Waals surface area contributed by atoms with Gasteiger partial charge in [-0.1, -0.05) is 0 Å². The number of carbonyl (C=O) groups excluding carboxylic acids is 2. The van der Waals surface area contributed by atoms with Crippen LogP contribution in [0.2, 0.25) is 0 Å². The summed E-state index contributed by atoms with van der Waals surface area (Å²) in [5, 5.41) is 23.1. The second kappa shape index (κ2) is 12.8. The minimum atomic E-state index is -1.34. The number of ether oxygens (including phenoxy) is 2. The molecule has 2 amide bonds. The standard InChI is InChI=1S/C31H33F2N7O5/c1-19-26(44-17-22(41)15-39-12-10-34-11-13-39)16-40-27(19)28(35-18-36-40)45-23-6-7-25(24(33)14-23)38-30(43)31(8-9-31)29(42)37-21-4-2-20(32)3-5-21/h2-7,14,16,18,22,34,41H,8-13,15,17H2,1H3,(H,37,42)(H,38,43). The topological polar surface area (TPSA) is 142 Å². The van der Waals surface area contributed by atoms with Crippen LogP contribution in [0.25, 0.3) is 5.52 Å². The van der Waals surface area contributed by atoms with E-state index in [0.29, 0.717) is 41.9 Å². The van der Waals surface area contributed by atoms with Crippen LogP contribution in [0.3, 0.4) is 0 Å². The Kier molecular flexibility index (Phi) is 8.61. The van der Waals surface area contributed by atoms with Crippen molar-refractivity contribution >= 4 is 28.7 Å². The Morgan fingerprint density at radius 2 is 1.82 bits per heavy atom. The summed E-state index contributed by atoms with van der Waals surface area (Å²) in [4.78, 5) is 32.2. The molecule has 1 saturated heterocycles. The number of halogens is 2. The van der Waals surface area contributed by atoms with E-state index in [4.69, 9.17) is 9.47 Å². The van der Waals surface area contributed by atoms with Gasteiger partial charge in [0.15, 0.2) is 0 Å². The summed E-state index contributed by atoms with van der Waals surface area (Å²) in [5.74, 6) is -1.62. The Morgan fingerprint density at radius 3 is 2.53 bits per heavy atom. The highest BCUT2D eigenvalue weighted by Gasteiger charge is 2.56. The maximum absolute atomic E-state index is 15.1. The first-order valence-electron chi connectivity index (χ1n) is 14.6. The molecule has 1 atom stereocenters. The number of nitrogens with zero attached hydrogens (tertiary/aromatic N) is 4. The number of hydrogen-bond donors (Lipinski definition) is 4. The van der Waals surface area contributed by atoms with Crippen molar-refractivity contribution in [1.82, 2.24) is 24.8 Å². The number of carbonyl (C=O) groups is 2. The van der Waals surface area contributed by atoms with Crippen molar-refractivity contribution in [3.8, 4) is 17.4 Å². The van der Waals surface area contributed by atoms with Crippen LogP contribution in [0.5, 0.6) is 17.4 Å². The number of aliphatic hydroxyl groups is 1. The lowest BCUT2D eigenvalue weighted by molar-refractivity contribution is -0.131. The van der Waals surface area contributed by atoms with E-state index < -0.39 is 35.0 Å². The number of piperazine rings is 1. The number of amides is 2. The Bertz CT molecular complexity index is 1700. The third-order valence-electron chi connectivity index (χ3n) is 7.98. The maximum atomic E-state index is 15.1. The van der Waals surface area contributed by atoms with Crippen LogP contribution in [0.15, 0.2) is 55.0 Å². The van der Waals surface area contributed by atoms with Crippen LogP contribution < -0.4 is 25.4 Å². The average Bonchev–Trinajstić information content (AvgIpc) is 3.78. The van der Waals surface area contributed by atoms with Gasteiger partial charge in [-0.15, -0.1) is 0 Å². The molecule has 2 aromatic carbocycles. The molecule has 6 rings (SSSR count). The highest BCUT2D eigenvalue weighted by atomic mass is 19.1. The van der Waals surface area contributed by atoms with E-state index in [-0.39, 0.29) is 23.9 Å². The summed E-state index contributed by atoms with van der Waals surface area (Å²) in [6.45, 7) is 5.93. The lowest BCUT2D eigenvalue weighted by atomic mass is 10.0. The number of aromatic nitrogens is 3. The molecule has 3 heterocycles. The minimum Gasteiger partial charge on any atom is -0.489 e. The van der Waals surface area contributed by atoms with Crippen LogP contribution >= 0.6 is 0 Å². The number of aryl methyl sites for hydroxylation is 1. The molecule has 1 unspecified atom stereocenters. The van der Waals surface area contributed by atoms with Gasteiger partial charge in [-0.3, -0.25) is 14.5 Å². The second-order valence-electron chi connectivity index (χ2n) is 11.2. The first kappa shape index (κ1) is 30.4. The number of nitrogens with one attached hydrogen (secondary N) is 3. The van der Waals surface area contributed by atoms with E-state index in [1.54, 1.807) is 6.20 Å². The summed E-state index contributed by atoms with van der Waals surface area (Å²) in [6.07, 6.45) is 2.89. The Labute approximate surface area is 257 Å². The Hall–Kier alpha value is -4.66. The molecule has 0 spiro atoms. The molecule has 4 N–H and O–H groups in total. The number of aliphatic hydroxyl groups excluding tert-OH is 1. The highest BCUT2D eigenvalue weighted by molar-refractivity contribution is 6.16. The van der Waals surface area contributed by atoms with Crippen LogP contribution in [-0.2, 0) is 9.59 Å². The summed E-state index contributed by atoms with van der Waals surface area (Å²) in [7, 11) is 0. The molecule has 1 aliphatic heterocycles. The third kappa shape index (κ3) is 6.72. The van der Waals surface area contributed by atoms with Crippen LogP contribution in [-0.4, -0.2) is 81.9 Å². The second-order valence-corrected chi connectivity index (χ2v) is 11.2. The zero-order valence-corrected chi connectivity index (χ0v) is 24.6. The van der Waals surface area contributed by atoms with Crippen LogP contribution in [0.4, 0.5) is 20.2 Å². The molecular formula is C31H33F2N7O5. The molecule has 2 fully saturated rings. The van der Waals surface area contributed by atoms with Gasteiger partial charge in [0.25, 0.3) is 0 Å². The van der Waals surface area contributed by atoms with Gasteiger partial charge in [0.2, 0.25) is 17.7 Å². The number of anilines is 2. The van der Waals surface area contributed by atoms with E-state index in [1.807, 2.05) is 6.92 Å². The van der Waals surface area contributed by atoms with E-state index in [1.165, 1.54) is 47.2 Å². The van der Waals surface area contributed by atoms with Gasteiger partial charge < -0.3 is 30.5 Å². The van der Waals surface area contributed by atoms with E-state index in [0.717, 1.165) is 32.2 Å². The number of rotatable bonds is 11. The fourth-order valence-corrected chi connectivity index (χ4v) is 5.24. The molecule has 12 nitrogen and oxygen atoms in total. The van der Waals surface area contributed by atoms with E-state index >= 15 is 4.39 Å². The fraction of sp³-hybridized carbons (Fsp3) is 0.355. The summed E-state index contributed by atoms with van der Waals surface area (Å²) in [6, 6.07) is 9.11. The number of benzene rings is 2. The summed E-state index contributed by atoms with van der Waals surface area (Å²) < 4.78 is 41.7. The van der Waals surface area contributed by atoms with Crippen molar-refractivity contribution in [1.29, 1.82) is 0 Å². The molecule has 236 valence electrons. The Balaban J connectivity index is 1.10. The molecule has 1 aliphatic carbocycles. The molecule has 14 heteroatoms. The maximum Gasteiger partial charge on any atom is 0.247 e. The van der Waals surface area contributed by atoms with Crippen LogP contribution in [0, 0.1) is 24.0 Å². The quantitative estimate of drug-likeness (QED) is 0.186. The van der Waals surface area contributed by atoms with Gasteiger partial charge >= 0.3 is 0 Å². The van der Waals surface area contributed by atoms with Crippen molar-refractivity contribution in [2.45, 2.75) is 25.9 Å². The minimum absolute atomic E-state index is 0.0961. The summed E-state index contributed by atoms with van der Waals surface area (Å²) in [5.41, 5.74) is 0.0839. The van der Waals surface area contributed by atoms with Gasteiger partial charge in [-0.25, -0.2) is 13.3 Å². The lowest BCUT2D eigenvalue weighted by Crippen LogP contribution is -2.47. The Morgan fingerprint density at radius 1 is 1.09 bits per heavy atom. The zero-order valence-electron chi connectivity index (χ0n) is 24.6. The number of hydrogen-bond acceptors (Lipinski definition) is 9. The number of β-amino-alcohol motifs (C(OH)–C–C–N with tert-alkyl or cyclic N) is 1. The predicted molar refractivity (Wildman–Crippen MR) is 160 cm³/mol. The summed E-state index contributed by atoms with van der Waals surface area (Å²) >= 11 is 0. The molecule has 2 aliphatic rings. The van der Waals surface area contributed by atoms with E-state index in [9.17, 15) is 19.1 Å². The van der Waals surface area contributed by atoms with Crippen molar-refractivity contribution in [2.24, 2.45) is 5.41 Å². The SMILES string of the molecule is Cc1c(OCC(O)CN2CCNCC2)cn2ncnc(Oc3ccc(NC(=O)C4(C(=O)Nc5ccc(F)cc5)CC4)c(F)c3)c12. The highest BCUT2D eigenvalue weighted by Crippen LogP contribution is 2.47. The van der Waals surface area contributed by atoms with Crippen LogP contribution in [0.1, 0.15) is 18.4 Å². The first-order valence-corrected chi connectivity index (χ1v) is 14.6. The van der Waals surface area contributed by atoms with Gasteiger partial charge in [0.05, 0.1) is 11.9 Å². The largest absolute Gasteiger partial charge is 0.489 e. The van der Waals surface area contributed by atoms with Gasteiger partial charge in [0, 0.05) is 50.0 Å². The molecular weight excluding hydrogens is 588 g/mol. The fourth-order valence-electron chi connectivity index (χ4n) is 5.24. The first-order chi connectivity index (χ1) is 21.7. The van der Waals surface area contributed by atoms with E-state index in [2.05, 4.69) is 30.9 Å². The monoisotopic (exact) mass is 621 g/mol. The van der Waals surface area contributed by atoms with Crippen molar-refractivity contribution in [2.75, 3.05) is 50.0 Å². The zero-order chi connectivity index (χ0) is 31.6. The van der Waals surface area contributed by atoms with Gasteiger partial charge in [-0.2, -0.15) is 10.1 Å². The lowest BCUT2D eigenvalue weighted by Gasteiger charge is -2.28. The molecule has 0 radical (unpaired) electrons. The van der Waals surface area contributed by atoms with Gasteiger partial charge in [0.1, 0.15) is 53.1 Å². The molecule has 1 saturated carbocycles. The molecule has 4 aromatic rings. The molecule has 0 bridgehead atoms. The molecule has 45 heavy (non-hydrogen) atoms.